The van der Waals surface area contributed by atoms with Gasteiger partial charge in [0.1, 0.15) is 0 Å². The number of carbonyl (C=O) groups excluding carboxylic acids is 1. The van der Waals surface area contributed by atoms with Crippen molar-refractivity contribution >= 4 is 22.8 Å². The van der Waals surface area contributed by atoms with E-state index in [2.05, 4.69) is 23.8 Å². The third kappa shape index (κ3) is 4.23. The standard InChI is InChI=1S/C18H22N2O4/c1-3-8-24-11-15(18(22)23)20-16(21)9-13-10-19-17-12(4-2)6-5-7-14(13)17/h3,5-7,10,15,19H,1,4,8-9,11H2,2H3,(H,20,21)(H,22,23). The normalized spacial score (nSPS) is 12.0. The van der Waals surface area contributed by atoms with E-state index in [0.717, 1.165) is 22.9 Å². The van der Waals surface area contributed by atoms with Crippen molar-refractivity contribution in [2.24, 2.45) is 0 Å². The molecule has 0 saturated heterocycles. The van der Waals surface area contributed by atoms with Crippen LogP contribution >= 0.6 is 0 Å². The summed E-state index contributed by atoms with van der Waals surface area (Å²) in [6.07, 6.45) is 4.33. The van der Waals surface area contributed by atoms with Crippen LogP contribution in [0, 0.1) is 0 Å². The molecule has 0 spiro atoms. The second-order valence-corrected chi connectivity index (χ2v) is 5.47. The van der Waals surface area contributed by atoms with Gasteiger partial charge in [-0.15, -0.1) is 6.58 Å². The molecule has 24 heavy (non-hydrogen) atoms. The van der Waals surface area contributed by atoms with Gasteiger partial charge < -0.3 is 20.1 Å². The molecule has 3 N–H and O–H groups in total. The molecule has 0 aliphatic rings. The first kappa shape index (κ1) is 17.7. The largest absolute Gasteiger partial charge is 0.480 e. The average Bonchev–Trinajstić information content (AvgIpc) is 2.97. The first-order valence-corrected chi connectivity index (χ1v) is 7.85. The molecular weight excluding hydrogens is 308 g/mol. The summed E-state index contributed by atoms with van der Waals surface area (Å²) in [5.74, 6) is -1.48. The Bertz CT molecular complexity index is 736. The molecule has 0 aliphatic carbocycles. The van der Waals surface area contributed by atoms with Crippen molar-refractivity contribution in [3.63, 3.8) is 0 Å². The van der Waals surface area contributed by atoms with E-state index < -0.39 is 12.0 Å². The molecule has 0 aliphatic heterocycles. The molecule has 0 bridgehead atoms. The lowest BCUT2D eigenvalue weighted by Crippen LogP contribution is -2.44. The van der Waals surface area contributed by atoms with Gasteiger partial charge in [0.15, 0.2) is 6.04 Å². The molecule has 0 fully saturated rings. The maximum Gasteiger partial charge on any atom is 0.328 e. The van der Waals surface area contributed by atoms with Crippen molar-refractivity contribution < 1.29 is 19.4 Å². The summed E-state index contributed by atoms with van der Waals surface area (Å²) in [4.78, 5) is 26.6. The Morgan fingerprint density at radius 2 is 2.21 bits per heavy atom. The number of carboxylic acid groups (broad SMARTS) is 1. The fourth-order valence-electron chi connectivity index (χ4n) is 2.58. The molecule has 128 valence electrons. The number of aliphatic carboxylic acids is 1. The summed E-state index contributed by atoms with van der Waals surface area (Å²) in [6, 6.07) is 4.88. The third-order valence-electron chi connectivity index (χ3n) is 3.77. The fourth-order valence-corrected chi connectivity index (χ4v) is 2.58. The molecule has 2 rings (SSSR count). The molecular formula is C18H22N2O4. The number of rotatable bonds is 9. The lowest BCUT2D eigenvalue weighted by Gasteiger charge is -2.14. The first-order valence-electron chi connectivity index (χ1n) is 7.85. The number of benzene rings is 1. The monoisotopic (exact) mass is 330 g/mol. The molecule has 1 aromatic heterocycles. The zero-order chi connectivity index (χ0) is 17.5. The van der Waals surface area contributed by atoms with Gasteiger partial charge in [-0.1, -0.05) is 31.2 Å². The van der Waals surface area contributed by atoms with E-state index in [-0.39, 0.29) is 25.5 Å². The second-order valence-electron chi connectivity index (χ2n) is 5.47. The number of carbonyl (C=O) groups is 2. The molecule has 2 aromatic rings. The van der Waals surface area contributed by atoms with Gasteiger partial charge >= 0.3 is 5.97 Å². The minimum atomic E-state index is -1.13. The Labute approximate surface area is 140 Å². The van der Waals surface area contributed by atoms with Crippen LogP contribution in [0.2, 0.25) is 0 Å². The number of aromatic amines is 1. The highest BCUT2D eigenvalue weighted by Crippen LogP contribution is 2.22. The SMILES string of the molecule is C=CCOCC(NC(=O)Cc1c[nH]c2c(CC)cccc12)C(=O)O. The fraction of sp³-hybridized carbons (Fsp3) is 0.333. The number of carboxylic acids is 1. The van der Waals surface area contributed by atoms with Gasteiger partial charge in [0.25, 0.3) is 0 Å². The third-order valence-corrected chi connectivity index (χ3v) is 3.77. The summed E-state index contributed by atoms with van der Waals surface area (Å²) in [7, 11) is 0. The van der Waals surface area contributed by atoms with Crippen LogP contribution in [0.25, 0.3) is 10.9 Å². The summed E-state index contributed by atoms with van der Waals surface area (Å²) in [5, 5.41) is 12.6. The Hall–Kier alpha value is -2.60. The van der Waals surface area contributed by atoms with Gasteiger partial charge in [0.05, 0.1) is 19.6 Å². The molecule has 0 radical (unpaired) electrons. The van der Waals surface area contributed by atoms with Crippen LogP contribution in [0.1, 0.15) is 18.1 Å². The molecule has 6 heteroatoms. The number of para-hydroxylation sites is 1. The smallest absolute Gasteiger partial charge is 0.328 e. The molecule has 1 aromatic carbocycles. The van der Waals surface area contributed by atoms with Gasteiger partial charge in [0.2, 0.25) is 5.91 Å². The van der Waals surface area contributed by atoms with E-state index in [1.807, 2.05) is 18.2 Å². The number of hydrogen-bond acceptors (Lipinski definition) is 3. The maximum atomic E-state index is 12.2. The van der Waals surface area contributed by atoms with Crippen LogP contribution in [-0.4, -0.2) is 41.2 Å². The Morgan fingerprint density at radius 3 is 2.88 bits per heavy atom. The summed E-state index contributed by atoms with van der Waals surface area (Å²) in [6.45, 7) is 5.71. The minimum absolute atomic E-state index is 0.0963. The summed E-state index contributed by atoms with van der Waals surface area (Å²) < 4.78 is 5.12. The number of nitrogens with one attached hydrogen (secondary N) is 2. The molecule has 1 atom stereocenters. The highest BCUT2D eigenvalue weighted by atomic mass is 16.5. The molecule has 6 nitrogen and oxygen atoms in total. The van der Waals surface area contributed by atoms with Gasteiger partial charge in [-0.2, -0.15) is 0 Å². The van der Waals surface area contributed by atoms with Gasteiger partial charge in [-0.3, -0.25) is 4.79 Å². The van der Waals surface area contributed by atoms with Gasteiger partial charge in [-0.25, -0.2) is 4.79 Å². The number of aryl methyl sites for hydroxylation is 1. The van der Waals surface area contributed by atoms with Crippen LogP contribution in [0.15, 0.2) is 37.1 Å². The Kier molecular flexibility index (Phi) is 6.14. The number of aromatic nitrogens is 1. The zero-order valence-corrected chi connectivity index (χ0v) is 13.7. The van der Waals surface area contributed by atoms with Crippen molar-refractivity contribution in [2.45, 2.75) is 25.8 Å². The van der Waals surface area contributed by atoms with Crippen LogP contribution in [0.3, 0.4) is 0 Å². The van der Waals surface area contributed by atoms with Crippen LogP contribution in [0.4, 0.5) is 0 Å². The number of hydrogen-bond donors (Lipinski definition) is 3. The number of fused-ring (bicyclic) bond motifs is 1. The molecule has 0 saturated carbocycles. The molecule has 1 unspecified atom stereocenters. The zero-order valence-electron chi connectivity index (χ0n) is 13.7. The maximum absolute atomic E-state index is 12.2. The van der Waals surface area contributed by atoms with Crippen molar-refractivity contribution in [1.29, 1.82) is 0 Å². The van der Waals surface area contributed by atoms with Crippen LogP contribution in [0.5, 0.6) is 0 Å². The Balaban J connectivity index is 2.06. The van der Waals surface area contributed by atoms with E-state index in [4.69, 9.17) is 9.84 Å². The first-order chi connectivity index (χ1) is 11.6. The average molecular weight is 330 g/mol. The van der Waals surface area contributed by atoms with E-state index >= 15 is 0 Å². The van der Waals surface area contributed by atoms with Gasteiger partial charge in [0, 0.05) is 17.1 Å². The van der Waals surface area contributed by atoms with Crippen molar-refractivity contribution in [1.82, 2.24) is 10.3 Å². The molecule has 1 heterocycles. The van der Waals surface area contributed by atoms with Gasteiger partial charge in [-0.05, 0) is 17.5 Å². The van der Waals surface area contributed by atoms with Crippen molar-refractivity contribution in [2.75, 3.05) is 13.2 Å². The lowest BCUT2D eigenvalue weighted by molar-refractivity contribution is -0.143. The predicted molar refractivity (Wildman–Crippen MR) is 92.0 cm³/mol. The van der Waals surface area contributed by atoms with Crippen LogP contribution < -0.4 is 5.32 Å². The van der Waals surface area contributed by atoms with Crippen LogP contribution in [-0.2, 0) is 27.2 Å². The Morgan fingerprint density at radius 1 is 1.42 bits per heavy atom. The summed E-state index contributed by atoms with van der Waals surface area (Å²) in [5.41, 5.74) is 3.04. The van der Waals surface area contributed by atoms with E-state index in [1.54, 1.807) is 6.20 Å². The highest BCUT2D eigenvalue weighted by molar-refractivity contribution is 5.91. The molecule has 1 amide bonds. The topological polar surface area (TPSA) is 91.4 Å². The predicted octanol–water partition coefficient (Wildman–Crippen LogP) is 2.04. The number of amides is 1. The van der Waals surface area contributed by atoms with E-state index in [9.17, 15) is 9.59 Å². The number of ether oxygens (including phenoxy) is 1. The summed E-state index contributed by atoms with van der Waals surface area (Å²) >= 11 is 0. The second kappa shape index (κ2) is 8.31. The van der Waals surface area contributed by atoms with Crippen molar-refractivity contribution in [3.05, 3.63) is 48.2 Å². The van der Waals surface area contributed by atoms with E-state index in [1.165, 1.54) is 11.6 Å². The minimum Gasteiger partial charge on any atom is -0.480 e. The quantitative estimate of drug-likeness (QED) is 0.485. The lowest BCUT2D eigenvalue weighted by atomic mass is 10.1. The number of H-pyrrole nitrogens is 1. The van der Waals surface area contributed by atoms with E-state index in [0.29, 0.717) is 0 Å². The van der Waals surface area contributed by atoms with Crippen molar-refractivity contribution in [3.8, 4) is 0 Å². The highest BCUT2D eigenvalue weighted by Gasteiger charge is 2.20.